The van der Waals surface area contributed by atoms with E-state index >= 15 is 0 Å². The fraction of sp³-hybridized carbons (Fsp3) is 0.667. The molecule has 2 heterocycles. The molecule has 2 fully saturated rings. The van der Waals surface area contributed by atoms with Gasteiger partial charge >= 0.3 is 75.5 Å². The number of aliphatic hydroxyl groups is 4. The van der Waals surface area contributed by atoms with Crippen LogP contribution >= 0.6 is 47.0 Å². The van der Waals surface area contributed by atoms with Crippen LogP contribution in [-0.2, 0) is 19.2 Å². The van der Waals surface area contributed by atoms with Crippen molar-refractivity contribution in [3.05, 3.63) is 0 Å². The number of hydrogen-bond donors (Lipinski definition) is 4. The largest absolute Gasteiger partial charge is 2.00 e. The quantitative estimate of drug-likeness (QED) is 0.215. The first kappa shape index (κ1) is 44.5. The van der Waals surface area contributed by atoms with E-state index < -0.39 is 66.6 Å². The molecule has 0 radical (unpaired) electrons. The van der Waals surface area contributed by atoms with Gasteiger partial charge in [0.25, 0.3) is 0 Å². The average molecular weight is 611 g/mol. The summed E-state index contributed by atoms with van der Waals surface area (Å²) in [6, 6.07) is 0. The molecule has 15 nitrogen and oxygen atoms in total. The Labute approximate surface area is 262 Å². The van der Waals surface area contributed by atoms with Gasteiger partial charge in [0.1, 0.15) is 0 Å². The molecule has 0 bridgehead atoms. The topological polar surface area (TPSA) is 336 Å². The van der Waals surface area contributed by atoms with Crippen LogP contribution in [0.25, 0.3) is 0 Å². The van der Waals surface area contributed by atoms with Crippen molar-refractivity contribution in [2.24, 2.45) is 0 Å². The smallest absolute Gasteiger partial charge is 0.546 e. The maximum Gasteiger partial charge on any atom is 2.00 e. The minimum absolute atomic E-state index is 0. The SMILES string of the molecule is O.O.O.O=C([O-])C1(O)CSC(O)(C(=O)[O-])CS1.O=C([O-])C1(O)CSC(O)(C(=O)[O-])CS1.[Ca+2].[Ca+2]. The van der Waals surface area contributed by atoms with Crippen molar-refractivity contribution in [3.63, 3.8) is 0 Å². The number of thioether (sulfide) groups is 4. The number of rotatable bonds is 4. The molecule has 0 aromatic carbocycles. The summed E-state index contributed by atoms with van der Waals surface area (Å²) in [5.74, 6) is -8.67. The fourth-order valence-electron chi connectivity index (χ4n) is 1.51. The summed E-state index contributed by atoms with van der Waals surface area (Å²) < 4.78 is 0. The minimum Gasteiger partial charge on any atom is -0.546 e. The summed E-state index contributed by atoms with van der Waals surface area (Å²) in [5.41, 5.74) is 0. The van der Waals surface area contributed by atoms with Crippen molar-refractivity contribution in [2.45, 2.75) is 19.7 Å². The predicted octanol–water partition coefficient (Wildman–Crippen LogP) is -10.5. The molecule has 2 aliphatic rings. The van der Waals surface area contributed by atoms with E-state index in [0.717, 1.165) is 0 Å². The van der Waals surface area contributed by atoms with Gasteiger partial charge < -0.3 is 76.5 Å². The molecular weight excluding hydrogens is 593 g/mol. The Bertz CT molecular complexity index is 553. The summed E-state index contributed by atoms with van der Waals surface area (Å²) in [4.78, 5) is 33.1. The number of aliphatic carboxylic acids is 4. The molecule has 2 saturated heterocycles. The minimum atomic E-state index is -2.15. The van der Waals surface area contributed by atoms with Gasteiger partial charge in [-0.05, 0) is 0 Å². The van der Waals surface area contributed by atoms with Gasteiger partial charge in [-0.25, -0.2) is 0 Å². The van der Waals surface area contributed by atoms with E-state index in [9.17, 15) is 60.0 Å². The molecule has 0 amide bonds. The van der Waals surface area contributed by atoms with Crippen LogP contribution in [-0.4, -0.2) is 179 Å². The fourth-order valence-corrected chi connectivity index (χ4v) is 6.23. The van der Waals surface area contributed by atoms with Gasteiger partial charge in [-0.2, -0.15) is 0 Å². The Morgan fingerprint density at radius 1 is 0.485 bits per heavy atom. The van der Waals surface area contributed by atoms with E-state index in [1.807, 2.05) is 0 Å². The number of carboxylic acids is 4. The van der Waals surface area contributed by atoms with Crippen molar-refractivity contribution < 1.29 is 76.5 Å². The van der Waals surface area contributed by atoms with E-state index in [0.29, 0.717) is 47.0 Å². The Morgan fingerprint density at radius 3 is 0.667 bits per heavy atom. The van der Waals surface area contributed by atoms with Gasteiger partial charge in [0.05, 0.1) is 23.9 Å². The van der Waals surface area contributed by atoms with E-state index in [4.69, 9.17) is 0 Å². The van der Waals surface area contributed by atoms with Gasteiger partial charge in [0.2, 0.25) is 0 Å². The molecule has 0 aromatic rings. The molecule has 4 unspecified atom stereocenters. The van der Waals surface area contributed by atoms with E-state index in [1.165, 1.54) is 0 Å². The van der Waals surface area contributed by atoms with Crippen molar-refractivity contribution in [2.75, 3.05) is 23.0 Å². The molecule has 33 heavy (non-hydrogen) atoms. The molecule has 2 rings (SSSR count). The molecule has 0 spiro atoms. The average Bonchev–Trinajstić information content (AvgIpc) is 2.60. The molecule has 184 valence electrons. The number of carboxylic acid groups (broad SMARTS) is 4. The van der Waals surface area contributed by atoms with Crippen LogP contribution in [0.15, 0.2) is 0 Å². The molecule has 2 aliphatic heterocycles. The predicted molar refractivity (Wildman–Crippen MR) is 112 cm³/mol. The van der Waals surface area contributed by atoms with E-state index in [-0.39, 0.29) is 91.9 Å². The van der Waals surface area contributed by atoms with Gasteiger partial charge in [0.15, 0.2) is 19.7 Å². The monoisotopic (exact) mass is 610 g/mol. The third-order valence-electron chi connectivity index (χ3n) is 3.30. The van der Waals surface area contributed by atoms with Crippen LogP contribution in [0.4, 0.5) is 0 Å². The summed E-state index contributed by atoms with van der Waals surface area (Å²) in [6.07, 6.45) is 0. The maximum atomic E-state index is 10.4. The number of carbonyl (C=O) groups is 4. The number of hydrogen-bond acceptors (Lipinski definition) is 16. The Morgan fingerprint density at radius 2 is 0.606 bits per heavy atom. The van der Waals surface area contributed by atoms with Gasteiger partial charge in [-0.1, -0.05) is 0 Å². The third-order valence-corrected chi connectivity index (χ3v) is 9.44. The van der Waals surface area contributed by atoms with Crippen molar-refractivity contribution in [3.8, 4) is 0 Å². The zero-order valence-electron chi connectivity index (χ0n) is 16.4. The molecule has 0 saturated carbocycles. The molecule has 0 aliphatic carbocycles. The molecule has 10 N–H and O–H groups in total. The zero-order valence-corrected chi connectivity index (χ0v) is 24.1. The first-order valence-electron chi connectivity index (χ1n) is 6.91. The van der Waals surface area contributed by atoms with E-state index in [2.05, 4.69) is 0 Å². The normalized spacial score (nSPS) is 32.1. The molecule has 0 aromatic heterocycles. The zero-order chi connectivity index (χ0) is 22.0. The Kier molecular flexibility index (Phi) is 23.1. The first-order valence-corrected chi connectivity index (χ1v) is 10.9. The number of carbonyl (C=O) groups excluding carboxylic acids is 4. The second-order valence-electron chi connectivity index (χ2n) is 5.44. The van der Waals surface area contributed by atoms with Crippen molar-refractivity contribution in [1.82, 2.24) is 0 Å². The van der Waals surface area contributed by atoms with Gasteiger partial charge in [-0.3, -0.25) is 0 Å². The van der Waals surface area contributed by atoms with Crippen LogP contribution in [0.5, 0.6) is 0 Å². The first-order chi connectivity index (χ1) is 12.6. The van der Waals surface area contributed by atoms with Crippen LogP contribution in [0.2, 0.25) is 0 Å². The molecule has 4 atom stereocenters. The summed E-state index contributed by atoms with van der Waals surface area (Å²) in [5, 5.41) is 78.9. The van der Waals surface area contributed by atoms with Gasteiger partial charge in [-0.15, -0.1) is 47.0 Å². The third kappa shape index (κ3) is 11.6. The Hall–Kier alpha value is 1.52. The van der Waals surface area contributed by atoms with Crippen LogP contribution < -0.4 is 20.4 Å². The summed E-state index contributed by atoms with van der Waals surface area (Å²) in [7, 11) is 0. The summed E-state index contributed by atoms with van der Waals surface area (Å²) in [6.45, 7) is 0. The van der Waals surface area contributed by atoms with Crippen molar-refractivity contribution in [1.29, 1.82) is 0 Å². The maximum absolute atomic E-state index is 10.4. The second-order valence-corrected chi connectivity index (χ2v) is 10.5. The van der Waals surface area contributed by atoms with E-state index in [1.54, 1.807) is 0 Å². The standard InChI is InChI=1S/2C6H8O6S2.2Ca.3H2O/c2*7-3(8)5(11)1-13-6(12,2-14-5)4(9)10;;;;;/h2*11-12H,1-2H2,(H,7,8)(H,9,10);;;3*1H2/q;;2*+2;;;/p-4. The van der Waals surface area contributed by atoms with Crippen LogP contribution in [0.3, 0.4) is 0 Å². The van der Waals surface area contributed by atoms with Crippen LogP contribution in [0.1, 0.15) is 0 Å². The van der Waals surface area contributed by atoms with Crippen molar-refractivity contribution >= 4 is 146 Å². The molecular formula is C12H18Ca2O15S4. The molecule has 21 heteroatoms. The Balaban J connectivity index is -0.000000138. The van der Waals surface area contributed by atoms with Crippen LogP contribution in [0, 0.1) is 0 Å². The van der Waals surface area contributed by atoms with Gasteiger partial charge in [0, 0.05) is 23.0 Å². The summed E-state index contributed by atoms with van der Waals surface area (Å²) >= 11 is 1.64. The second kappa shape index (κ2) is 17.1.